The zero-order chi connectivity index (χ0) is 8.85. The van der Waals surface area contributed by atoms with Crippen molar-refractivity contribution in [3.05, 3.63) is 4.91 Å². The van der Waals surface area contributed by atoms with Crippen molar-refractivity contribution in [3.8, 4) is 0 Å². The average molecular weight is 164 g/mol. The topological polar surface area (TPSA) is 93.4 Å². The summed E-state index contributed by atoms with van der Waals surface area (Å²) in [7, 11) is 0. The van der Waals surface area contributed by atoms with Gasteiger partial charge in [0.25, 0.3) is 0 Å². The molecule has 0 fully saturated rings. The summed E-state index contributed by atoms with van der Waals surface area (Å²) < 4.78 is 0. The Bertz CT molecular complexity index is 119. The van der Waals surface area contributed by atoms with Crippen LogP contribution in [0.1, 0.15) is 13.3 Å². The summed E-state index contributed by atoms with van der Waals surface area (Å²) in [5, 5.41) is 28.8. The highest BCUT2D eigenvalue weighted by Crippen LogP contribution is 2.01. The molecule has 6 heteroatoms. The number of nitroso groups, excluding NO2 is 1. The minimum atomic E-state index is -1.96. The Kier molecular flexibility index (Phi) is 4.67. The Hall–Kier alpha value is -0.720. The van der Waals surface area contributed by atoms with Crippen molar-refractivity contribution in [3.63, 3.8) is 0 Å². The summed E-state index contributed by atoms with van der Waals surface area (Å²) in [4.78, 5) is 9.93. The lowest BCUT2D eigenvalue weighted by atomic mass is 10.4. The molecule has 0 aliphatic heterocycles. The SMILES string of the molecule is CCCN(N=O)C(O)C(O)O. The standard InChI is InChI=1S/C5H12N2O4/c1-2-3-7(6-11)4(8)5(9)10/h4-5,8-10H,2-3H2,1H3. The third-order valence-electron chi connectivity index (χ3n) is 1.13. The minimum absolute atomic E-state index is 0.197. The molecule has 0 saturated carbocycles. The van der Waals surface area contributed by atoms with Crippen molar-refractivity contribution in [2.75, 3.05) is 6.54 Å². The first-order valence-corrected chi connectivity index (χ1v) is 3.27. The van der Waals surface area contributed by atoms with Crippen molar-refractivity contribution in [2.45, 2.75) is 25.9 Å². The van der Waals surface area contributed by atoms with E-state index in [2.05, 4.69) is 5.29 Å². The maximum Gasteiger partial charge on any atom is 0.199 e. The van der Waals surface area contributed by atoms with E-state index in [4.69, 9.17) is 15.3 Å². The van der Waals surface area contributed by atoms with Gasteiger partial charge in [0.2, 0.25) is 0 Å². The van der Waals surface area contributed by atoms with Gasteiger partial charge in [-0.25, -0.2) is 5.01 Å². The molecular formula is C5H12N2O4. The molecule has 1 unspecified atom stereocenters. The maximum atomic E-state index is 9.93. The Morgan fingerprint density at radius 3 is 2.27 bits per heavy atom. The van der Waals surface area contributed by atoms with E-state index < -0.39 is 12.5 Å². The van der Waals surface area contributed by atoms with Crippen molar-refractivity contribution < 1.29 is 15.3 Å². The summed E-state index contributed by atoms with van der Waals surface area (Å²) >= 11 is 0. The molecule has 0 rings (SSSR count). The zero-order valence-electron chi connectivity index (χ0n) is 6.21. The van der Waals surface area contributed by atoms with Gasteiger partial charge in [0, 0.05) is 6.54 Å². The molecule has 0 bridgehead atoms. The quantitative estimate of drug-likeness (QED) is 0.275. The Morgan fingerprint density at radius 2 is 2.00 bits per heavy atom. The minimum Gasteiger partial charge on any atom is -0.368 e. The van der Waals surface area contributed by atoms with E-state index in [-0.39, 0.29) is 6.54 Å². The van der Waals surface area contributed by atoms with Crippen LogP contribution in [-0.2, 0) is 0 Å². The van der Waals surface area contributed by atoms with Gasteiger partial charge < -0.3 is 15.3 Å². The largest absolute Gasteiger partial charge is 0.368 e. The molecule has 1 atom stereocenters. The predicted octanol–water partition coefficient (Wildman–Crippen LogP) is -0.991. The molecule has 6 nitrogen and oxygen atoms in total. The van der Waals surface area contributed by atoms with Gasteiger partial charge in [0.15, 0.2) is 12.5 Å². The summed E-state index contributed by atoms with van der Waals surface area (Å²) in [5.74, 6) is 0. The Labute approximate surface area is 64.0 Å². The van der Waals surface area contributed by atoms with E-state index in [1.165, 1.54) is 0 Å². The first-order valence-electron chi connectivity index (χ1n) is 3.27. The van der Waals surface area contributed by atoms with Gasteiger partial charge in [-0.05, 0) is 6.42 Å². The lowest BCUT2D eigenvalue weighted by molar-refractivity contribution is -0.179. The van der Waals surface area contributed by atoms with Crippen LogP contribution < -0.4 is 0 Å². The lowest BCUT2D eigenvalue weighted by Crippen LogP contribution is -2.40. The smallest absolute Gasteiger partial charge is 0.199 e. The number of hydrogen-bond acceptors (Lipinski definition) is 5. The fraction of sp³-hybridized carbons (Fsp3) is 1.00. The molecule has 66 valence electrons. The van der Waals surface area contributed by atoms with E-state index in [0.29, 0.717) is 11.4 Å². The molecule has 0 aromatic rings. The predicted molar refractivity (Wildman–Crippen MR) is 37.0 cm³/mol. The van der Waals surface area contributed by atoms with Crippen molar-refractivity contribution >= 4 is 0 Å². The van der Waals surface area contributed by atoms with Gasteiger partial charge in [0.1, 0.15) is 0 Å². The lowest BCUT2D eigenvalue weighted by Gasteiger charge is -2.21. The van der Waals surface area contributed by atoms with Crippen LogP contribution in [0.15, 0.2) is 5.29 Å². The summed E-state index contributed by atoms with van der Waals surface area (Å²) in [6.07, 6.45) is -3.00. The van der Waals surface area contributed by atoms with Gasteiger partial charge in [0.05, 0.1) is 5.29 Å². The molecule has 11 heavy (non-hydrogen) atoms. The van der Waals surface area contributed by atoms with Crippen molar-refractivity contribution in [2.24, 2.45) is 5.29 Å². The van der Waals surface area contributed by atoms with Gasteiger partial charge >= 0.3 is 0 Å². The normalized spacial score (nSPS) is 13.2. The third-order valence-corrected chi connectivity index (χ3v) is 1.13. The molecule has 0 aliphatic rings. The molecule has 0 heterocycles. The highest BCUT2D eigenvalue weighted by atomic mass is 16.5. The average Bonchev–Trinajstić information content (AvgIpc) is 1.98. The number of rotatable bonds is 5. The molecule has 0 aliphatic carbocycles. The fourth-order valence-corrected chi connectivity index (χ4v) is 0.604. The van der Waals surface area contributed by atoms with Crippen LogP contribution in [0.3, 0.4) is 0 Å². The van der Waals surface area contributed by atoms with E-state index in [1.807, 2.05) is 0 Å². The van der Waals surface area contributed by atoms with Gasteiger partial charge in [-0.2, -0.15) is 0 Å². The zero-order valence-corrected chi connectivity index (χ0v) is 6.21. The maximum absolute atomic E-state index is 9.93. The van der Waals surface area contributed by atoms with Gasteiger partial charge in [-0.3, -0.25) is 0 Å². The van der Waals surface area contributed by atoms with Crippen LogP contribution in [0.5, 0.6) is 0 Å². The highest BCUT2D eigenvalue weighted by Gasteiger charge is 2.20. The molecule has 0 saturated heterocycles. The molecule has 0 spiro atoms. The first-order chi connectivity index (χ1) is 5.13. The second-order valence-corrected chi connectivity index (χ2v) is 2.07. The fourth-order valence-electron chi connectivity index (χ4n) is 0.604. The first kappa shape index (κ1) is 10.3. The molecule has 0 aromatic carbocycles. The molecule has 0 amide bonds. The summed E-state index contributed by atoms with van der Waals surface area (Å²) in [6.45, 7) is 1.97. The van der Waals surface area contributed by atoms with E-state index >= 15 is 0 Å². The van der Waals surface area contributed by atoms with E-state index in [9.17, 15) is 4.91 Å². The van der Waals surface area contributed by atoms with Crippen molar-refractivity contribution in [1.82, 2.24) is 5.01 Å². The third kappa shape index (κ3) is 3.26. The van der Waals surface area contributed by atoms with Crippen molar-refractivity contribution in [1.29, 1.82) is 0 Å². The van der Waals surface area contributed by atoms with Gasteiger partial charge in [-0.1, -0.05) is 6.92 Å². The van der Waals surface area contributed by atoms with Crippen LogP contribution >= 0.6 is 0 Å². The van der Waals surface area contributed by atoms with Crippen LogP contribution in [0.2, 0.25) is 0 Å². The van der Waals surface area contributed by atoms with E-state index in [1.54, 1.807) is 6.92 Å². The number of hydrogen-bond donors (Lipinski definition) is 3. The second kappa shape index (κ2) is 5.00. The summed E-state index contributed by atoms with van der Waals surface area (Å²) in [5.41, 5.74) is 0. The molecular weight excluding hydrogens is 152 g/mol. The number of aliphatic hydroxyl groups is 3. The Morgan fingerprint density at radius 1 is 1.45 bits per heavy atom. The van der Waals surface area contributed by atoms with E-state index in [0.717, 1.165) is 0 Å². The van der Waals surface area contributed by atoms with Crippen LogP contribution in [0.25, 0.3) is 0 Å². The summed E-state index contributed by atoms with van der Waals surface area (Å²) in [6, 6.07) is 0. The van der Waals surface area contributed by atoms with Crippen LogP contribution in [-0.4, -0.2) is 39.4 Å². The monoisotopic (exact) mass is 164 g/mol. The number of nitrogens with zero attached hydrogens (tertiary/aromatic N) is 2. The van der Waals surface area contributed by atoms with Crippen LogP contribution in [0.4, 0.5) is 0 Å². The number of aliphatic hydroxyl groups excluding tert-OH is 2. The van der Waals surface area contributed by atoms with Crippen LogP contribution in [0, 0.1) is 4.91 Å². The Balaban J connectivity index is 3.90. The van der Waals surface area contributed by atoms with Gasteiger partial charge in [-0.15, -0.1) is 4.91 Å². The molecule has 0 radical (unpaired) electrons. The molecule has 0 aromatic heterocycles. The highest BCUT2D eigenvalue weighted by molar-refractivity contribution is 4.56. The second-order valence-electron chi connectivity index (χ2n) is 2.07. The molecule has 3 N–H and O–H groups in total.